The molecule has 0 aliphatic heterocycles. The highest BCUT2D eigenvalue weighted by molar-refractivity contribution is 5.13. The van der Waals surface area contributed by atoms with E-state index >= 15 is 0 Å². The second-order valence-electron chi connectivity index (χ2n) is 13.4. The molecule has 0 radical (unpaired) electrons. The third kappa shape index (κ3) is 3.85. The molecule has 0 bridgehead atoms. The molecule has 0 aromatic rings. The predicted molar refractivity (Wildman–Crippen MR) is 121 cm³/mol. The Hall–Kier alpha value is -0.290. The van der Waals surface area contributed by atoms with E-state index in [4.69, 9.17) is 0 Å². The zero-order valence-electron chi connectivity index (χ0n) is 20.8. The summed E-state index contributed by atoms with van der Waals surface area (Å²) in [6.07, 6.45) is 3.64. The Morgan fingerprint density at radius 2 is 1.56 bits per heavy atom. The molecule has 0 saturated heterocycles. The van der Waals surface area contributed by atoms with Crippen LogP contribution in [0.25, 0.3) is 0 Å². The van der Waals surface area contributed by atoms with Gasteiger partial charge in [0.25, 0.3) is 0 Å². The summed E-state index contributed by atoms with van der Waals surface area (Å²) in [7, 11) is 0. The van der Waals surface area contributed by atoms with E-state index in [0.29, 0.717) is 30.1 Å². The maximum atomic E-state index is 12.8. The lowest BCUT2D eigenvalue weighted by Crippen LogP contribution is -2.60. The van der Waals surface area contributed by atoms with Gasteiger partial charge >= 0.3 is 6.18 Å². The fourth-order valence-electron chi connectivity index (χ4n) is 9.70. The van der Waals surface area contributed by atoms with E-state index in [1.165, 1.54) is 32.1 Å². The predicted octanol–water partition coefficient (Wildman–Crippen LogP) is 7.13. The van der Waals surface area contributed by atoms with Crippen LogP contribution in [-0.2, 0) is 0 Å². The summed E-state index contributed by atoms with van der Waals surface area (Å²) < 4.78 is 38.4. The standard InChI is InChI=1S/C27H45F3O2/c1-17(6-9-22(31)27(28,29)30)19-7-8-20-18-10-12-23(2)16-24(3,32)14-15-26(23,5)21(18)11-13-25(19,20)4/h17-22,31-32H,6-16H2,1-5H3/t17-,18+,19-,20+,21+,22-,23+,24+,25-,26-/m1/s1. The van der Waals surface area contributed by atoms with Gasteiger partial charge in [-0.1, -0.05) is 27.7 Å². The first-order chi connectivity index (χ1) is 14.6. The van der Waals surface area contributed by atoms with E-state index < -0.39 is 17.9 Å². The Morgan fingerprint density at radius 3 is 2.22 bits per heavy atom. The average Bonchev–Trinajstić information content (AvgIpc) is 3.03. The van der Waals surface area contributed by atoms with Gasteiger partial charge in [-0.2, -0.15) is 13.2 Å². The molecule has 0 heterocycles. The van der Waals surface area contributed by atoms with Gasteiger partial charge in [0.15, 0.2) is 0 Å². The van der Waals surface area contributed by atoms with Gasteiger partial charge in [0.05, 0.1) is 5.60 Å². The number of halogens is 3. The van der Waals surface area contributed by atoms with Crippen LogP contribution in [0.2, 0.25) is 0 Å². The van der Waals surface area contributed by atoms with Crippen molar-refractivity contribution in [2.75, 3.05) is 0 Å². The van der Waals surface area contributed by atoms with Crippen LogP contribution in [0.3, 0.4) is 0 Å². The molecule has 5 heteroatoms. The SMILES string of the molecule is C[C@H](CC[C@@H](O)C(F)(F)F)[C@H]1CC[C@H]2[C@@H]3CC[C@@]4(C)C[C@@](C)(O)CC[C@]4(C)[C@H]3CC[C@]12C. The summed E-state index contributed by atoms with van der Waals surface area (Å²) in [5, 5.41) is 20.3. The number of alkyl halides is 3. The number of hydrogen-bond donors (Lipinski definition) is 2. The summed E-state index contributed by atoms with van der Waals surface area (Å²) in [5.41, 5.74) is 0.149. The van der Waals surface area contributed by atoms with E-state index in [-0.39, 0.29) is 28.6 Å². The van der Waals surface area contributed by atoms with Gasteiger partial charge in [0.1, 0.15) is 6.10 Å². The van der Waals surface area contributed by atoms with Gasteiger partial charge in [-0.15, -0.1) is 0 Å². The highest BCUT2D eigenvalue weighted by atomic mass is 19.4. The quantitative estimate of drug-likeness (QED) is 0.471. The van der Waals surface area contributed by atoms with E-state index in [1.807, 2.05) is 6.92 Å². The first-order valence-corrected chi connectivity index (χ1v) is 13.1. The topological polar surface area (TPSA) is 40.5 Å². The maximum Gasteiger partial charge on any atom is 0.414 e. The van der Waals surface area contributed by atoms with Gasteiger partial charge in [-0.3, -0.25) is 0 Å². The normalized spacial score (nSPS) is 50.8. The Balaban J connectivity index is 1.48. The fourth-order valence-corrected chi connectivity index (χ4v) is 9.70. The highest BCUT2D eigenvalue weighted by Gasteiger charge is 2.64. The Labute approximate surface area is 192 Å². The number of fused-ring (bicyclic) bond motifs is 5. The van der Waals surface area contributed by atoms with Crippen LogP contribution < -0.4 is 0 Å². The van der Waals surface area contributed by atoms with Crippen molar-refractivity contribution in [3.8, 4) is 0 Å². The molecule has 32 heavy (non-hydrogen) atoms. The minimum atomic E-state index is -4.51. The van der Waals surface area contributed by atoms with Crippen molar-refractivity contribution in [2.24, 2.45) is 45.8 Å². The third-order valence-electron chi connectivity index (χ3n) is 11.7. The molecule has 0 unspecified atom stereocenters. The van der Waals surface area contributed by atoms with Gasteiger partial charge in [-0.05, 0) is 123 Å². The number of rotatable bonds is 4. The van der Waals surface area contributed by atoms with E-state index in [0.717, 1.165) is 25.7 Å². The number of hydrogen-bond acceptors (Lipinski definition) is 2. The van der Waals surface area contributed by atoms with Crippen molar-refractivity contribution in [3.05, 3.63) is 0 Å². The van der Waals surface area contributed by atoms with Crippen LogP contribution in [0, 0.1) is 45.8 Å². The third-order valence-corrected chi connectivity index (χ3v) is 11.7. The summed E-state index contributed by atoms with van der Waals surface area (Å²) in [4.78, 5) is 0. The lowest BCUT2D eigenvalue weighted by atomic mass is 9.39. The molecule has 4 fully saturated rings. The molecule has 186 valence electrons. The van der Waals surface area contributed by atoms with Crippen LogP contribution >= 0.6 is 0 Å². The first kappa shape index (κ1) is 24.8. The molecule has 2 nitrogen and oxygen atoms in total. The second kappa shape index (κ2) is 7.86. The van der Waals surface area contributed by atoms with Crippen LogP contribution in [0.4, 0.5) is 13.2 Å². The minimum absolute atomic E-state index is 0.176. The molecule has 4 saturated carbocycles. The largest absolute Gasteiger partial charge is 0.414 e. The molecule has 4 aliphatic carbocycles. The average molecular weight is 459 g/mol. The Morgan fingerprint density at radius 1 is 0.875 bits per heavy atom. The van der Waals surface area contributed by atoms with Crippen LogP contribution in [0.15, 0.2) is 0 Å². The first-order valence-electron chi connectivity index (χ1n) is 13.1. The molecular weight excluding hydrogens is 413 g/mol. The summed E-state index contributed by atoms with van der Waals surface area (Å²) in [6.45, 7) is 11.5. The van der Waals surface area contributed by atoms with Crippen molar-refractivity contribution in [1.82, 2.24) is 0 Å². The molecule has 0 spiro atoms. The highest BCUT2D eigenvalue weighted by Crippen LogP contribution is 2.72. The molecule has 4 rings (SSSR count). The van der Waals surface area contributed by atoms with E-state index in [9.17, 15) is 23.4 Å². The van der Waals surface area contributed by atoms with Gasteiger partial charge < -0.3 is 10.2 Å². The fraction of sp³-hybridized carbons (Fsp3) is 1.00. The molecule has 0 aromatic carbocycles. The molecule has 0 aromatic heterocycles. The number of aliphatic hydroxyl groups excluding tert-OH is 1. The van der Waals surface area contributed by atoms with Crippen LogP contribution in [0.5, 0.6) is 0 Å². The Bertz CT molecular complexity index is 706. The van der Waals surface area contributed by atoms with Crippen molar-refractivity contribution in [3.63, 3.8) is 0 Å². The zero-order chi connectivity index (χ0) is 23.7. The van der Waals surface area contributed by atoms with Crippen molar-refractivity contribution in [1.29, 1.82) is 0 Å². The van der Waals surface area contributed by atoms with Gasteiger partial charge in [0.2, 0.25) is 0 Å². The second-order valence-corrected chi connectivity index (χ2v) is 13.4. The molecule has 4 aliphatic rings. The molecule has 2 N–H and O–H groups in total. The van der Waals surface area contributed by atoms with Gasteiger partial charge in [-0.25, -0.2) is 0 Å². The summed E-state index contributed by atoms with van der Waals surface area (Å²) in [6, 6.07) is 0. The summed E-state index contributed by atoms with van der Waals surface area (Å²) >= 11 is 0. The van der Waals surface area contributed by atoms with Gasteiger partial charge in [0, 0.05) is 0 Å². The molecule has 10 atom stereocenters. The van der Waals surface area contributed by atoms with Crippen molar-refractivity contribution < 1.29 is 23.4 Å². The van der Waals surface area contributed by atoms with Crippen LogP contribution in [0.1, 0.15) is 105 Å². The molecule has 0 amide bonds. The molecular formula is C27H45F3O2. The number of aliphatic hydroxyl groups is 2. The zero-order valence-corrected chi connectivity index (χ0v) is 20.8. The van der Waals surface area contributed by atoms with Crippen molar-refractivity contribution >= 4 is 0 Å². The van der Waals surface area contributed by atoms with Crippen molar-refractivity contribution in [2.45, 2.75) is 123 Å². The minimum Gasteiger partial charge on any atom is -0.390 e. The lowest BCUT2D eigenvalue weighted by Gasteiger charge is -2.66. The maximum absolute atomic E-state index is 12.8. The van der Waals surface area contributed by atoms with Crippen LogP contribution in [-0.4, -0.2) is 28.1 Å². The Kier molecular flexibility index (Phi) is 6.10. The summed E-state index contributed by atoms with van der Waals surface area (Å²) in [5.74, 6) is 2.77. The lowest BCUT2D eigenvalue weighted by molar-refractivity contribution is -0.207. The monoisotopic (exact) mass is 458 g/mol. The smallest absolute Gasteiger partial charge is 0.390 e. The van der Waals surface area contributed by atoms with E-state index in [1.54, 1.807) is 0 Å². The van der Waals surface area contributed by atoms with E-state index in [2.05, 4.69) is 27.7 Å².